The van der Waals surface area contributed by atoms with Crippen LogP contribution in [0.3, 0.4) is 0 Å². The molecular formula is C9H13N3O. The van der Waals surface area contributed by atoms with Crippen molar-refractivity contribution < 1.29 is 4.74 Å². The Bertz CT molecular complexity index is 325. The van der Waals surface area contributed by atoms with E-state index in [1.54, 1.807) is 7.11 Å². The number of ether oxygens (including phenoxy) is 1. The molecular weight excluding hydrogens is 166 g/mol. The number of anilines is 1. The van der Waals surface area contributed by atoms with E-state index in [1.807, 2.05) is 0 Å². The molecule has 1 aliphatic rings. The van der Waals surface area contributed by atoms with Gasteiger partial charge in [0.05, 0.1) is 0 Å². The molecule has 0 aromatic carbocycles. The summed E-state index contributed by atoms with van der Waals surface area (Å²) in [5.74, 6) is 1.33. The van der Waals surface area contributed by atoms with Gasteiger partial charge in [0.2, 0.25) is 0 Å². The molecule has 2 N–H and O–H groups in total. The zero-order chi connectivity index (χ0) is 9.26. The van der Waals surface area contributed by atoms with Crippen LogP contribution >= 0.6 is 0 Å². The minimum atomic E-state index is 0.442. The lowest BCUT2D eigenvalue weighted by Crippen LogP contribution is -2.06. The van der Waals surface area contributed by atoms with Gasteiger partial charge in [-0.2, -0.15) is 0 Å². The van der Waals surface area contributed by atoms with E-state index >= 15 is 0 Å². The van der Waals surface area contributed by atoms with Crippen LogP contribution in [0.15, 0.2) is 0 Å². The fourth-order valence-corrected chi connectivity index (χ4v) is 1.71. The zero-order valence-electron chi connectivity index (χ0n) is 7.71. The van der Waals surface area contributed by atoms with Crippen LogP contribution in [0, 0.1) is 0 Å². The molecule has 1 aromatic heterocycles. The fraction of sp³-hybridized carbons (Fsp3) is 0.556. The van der Waals surface area contributed by atoms with Crippen molar-refractivity contribution in [2.75, 3.05) is 12.8 Å². The number of rotatable bonds is 2. The van der Waals surface area contributed by atoms with Crippen molar-refractivity contribution in [3.05, 3.63) is 17.1 Å². The van der Waals surface area contributed by atoms with Crippen LogP contribution < -0.4 is 5.73 Å². The second-order valence-corrected chi connectivity index (χ2v) is 3.24. The lowest BCUT2D eigenvalue weighted by atomic mass is 10.2. The molecule has 1 aromatic rings. The molecule has 0 saturated carbocycles. The second kappa shape index (κ2) is 3.30. The lowest BCUT2D eigenvalue weighted by Gasteiger charge is -2.05. The van der Waals surface area contributed by atoms with Gasteiger partial charge in [-0.3, -0.25) is 0 Å². The van der Waals surface area contributed by atoms with Gasteiger partial charge in [0, 0.05) is 18.4 Å². The van der Waals surface area contributed by atoms with Crippen LogP contribution in [0.2, 0.25) is 0 Å². The first kappa shape index (κ1) is 8.44. The van der Waals surface area contributed by atoms with Gasteiger partial charge in [-0.15, -0.1) is 0 Å². The van der Waals surface area contributed by atoms with E-state index in [2.05, 4.69) is 9.97 Å². The van der Waals surface area contributed by atoms with E-state index in [4.69, 9.17) is 10.5 Å². The van der Waals surface area contributed by atoms with Crippen molar-refractivity contribution in [3.8, 4) is 0 Å². The third kappa shape index (κ3) is 1.49. The summed E-state index contributed by atoms with van der Waals surface area (Å²) < 4.78 is 4.96. The Balaban J connectivity index is 2.37. The number of nitrogens with two attached hydrogens (primary N) is 1. The zero-order valence-corrected chi connectivity index (χ0v) is 7.71. The number of hydrogen-bond acceptors (Lipinski definition) is 4. The van der Waals surface area contributed by atoms with Crippen molar-refractivity contribution >= 4 is 5.82 Å². The molecule has 0 fully saturated rings. The van der Waals surface area contributed by atoms with E-state index in [1.165, 1.54) is 0 Å². The van der Waals surface area contributed by atoms with Crippen molar-refractivity contribution in [1.82, 2.24) is 9.97 Å². The molecule has 0 unspecified atom stereocenters. The maximum absolute atomic E-state index is 5.80. The molecule has 2 rings (SSSR count). The first-order valence-corrected chi connectivity index (χ1v) is 4.44. The minimum absolute atomic E-state index is 0.442. The van der Waals surface area contributed by atoms with Crippen molar-refractivity contribution in [3.63, 3.8) is 0 Å². The van der Waals surface area contributed by atoms with Gasteiger partial charge in [0.1, 0.15) is 12.4 Å². The van der Waals surface area contributed by atoms with Crippen LogP contribution in [0.1, 0.15) is 23.5 Å². The van der Waals surface area contributed by atoms with E-state index < -0.39 is 0 Å². The summed E-state index contributed by atoms with van der Waals surface area (Å²) in [6.45, 7) is 0.442. The van der Waals surface area contributed by atoms with E-state index in [0.717, 1.165) is 30.5 Å². The highest BCUT2D eigenvalue weighted by molar-refractivity contribution is 5.44. The topological polar surface area (TPSA) is 61.0 Å². The number of methoxy groups -OCH3 is 1. The molecule has 1 aliphatic carbocycles. The maximum atomic E-state index is 5.80. The number of nitrogen functional groups attached to an aromatic ring is 1. The van der Waals surface area contributed by atoms with Gasteiger partial charge in [0.15, 0.2) is 5.82 Å². The van der Waals surface area contributed by atoms with Crippen LogP contribution in [0.4, 0.5) is 5.82 Å². The largest absolute Gasteiger partial charge is 0.383 e. The quantitative estimate of drug-likeness (QED) is 0.725. The average molecular weight is 179 g/mol. The fourth-order valence-electron chi connectivity index (χ4n) is 1.71. The monoisotopic (exact) mass is 179 g/mol. The van der Waals surface area contributed by atoms with Crippen molar-refractivity contribution in [1.29, 1.82) is 0 Å². The Morgan fingerprint density at radius 3 is 3.00 bits per heavy atom. The number of nitrogens with zero attached hydrogens (tertiary/aromatic N) is 2. The molecule has 13 heavy (non-hydrogen) atoms. The lowest BCUT2D eigenvalue weighted by molar-refractivity contribution is 0.177. The number of aryl methyl sites for hydroxylation is 1. The Hall–Kier alpha value is -1.16. The Morgan fingerprint density at radius 1 is 1.38 bits per heavy atom. The summed E-state index contributed by atoms with van der Waals surface area (Å²) in [5, 5.41) is 0. The second-order valence-electron chi connectivity index (χ2n) is 3.24. The summed E-state index contributed by atoms with van der Waals surface area (Å²) in [4.78, 5) is 8.56. The third-order valence-electron chi connectivity index (χ3n) is 2.28. The Kier molecular flexibility index (Phi) is 2.14. The normalized spacial score (nSPS) is 14.5. The van der Waals surface area contributed by atoms with E-state index in [0.29, 0.717) is 18.2 Å². The van der Waals surface area contributed by atoms with Gasteiger partial charge < -0.3 is 10.5 Å². The molecule has 0 atom stereocenters. The van der Waals surface area contributed by atoms with Gasteiger partial charge in [-0.05, 0) is 19.3 Å². The molecule has 4 heteroatoms. The van der Waals surface area contributed by atoms with Gasteiger partial charge >= 0.3 is 0 Å². The molecule has 0 radical (unpaired) electrons. The smallest absolute Gasteiger partial charge is 0.156 e. The van der Waals surface area contributed by atoms with Crippen LogP contribution in [0.25, 0.3) is 0 Å². The van der Waals surface area contributed by atoms with Crippen LogP contribution in [-0.2, 0) is 24.2 Å². The first-order chi connectivity index (χ1) is 6.31. The number of aromatic nitrogens is 2. The summed E-state index contributed by atoms with van der Waals surface area (Å²) in [5.41, 5.74) is 8.05. The van der Waals surface area contributed by atoms with Gasteiger partial charge in [-0.25, -0.2) is 9.97 Å². The predicted octanol–water partition coefficient (Wildman–Crippen LogP) is 0.694. The molecule has 0 bridgehead atoms. The van der Waals surface area contributed by atoms with Crippen molar-refractivity contribution in [2.45, 2.75) is 25.9 Å². The SMILES string of the molecule is COCc1nc(N)c2c(n1)CCC2. The van der Waals surface area contributed by atoms with Gasteiger partial charge in [-0.1, -0.05) is 0 Å². The van der Waals surface area contributed by atoms with Crippen LogP contribution in [-0.4, -0.2) is 17.1 Å². The van der Waals surface area contributed by atoms with E-state index in [9.17, 15) is 0 Å². The van der Waals surface area contributed by atoms with Crippen LogP contribution in [0.5, 0.6) is 0 Å². The summed E-state index contributed by atoms with van der Waals surface area (Å²) in [6.07, 6.45) is 3.19. The highest BCUT2D eigenvalue weighted by atomic mass is 16.5. The number of fused-ring (bicyclic) bond motifs is 1. The third-order valence-corrected chi connectivity index (χ3v) is 2.28. The molecule has 0 spiro atoms. The molecule has 70 valence electrons. The molecule has 0 saturated heterocycles. The molecule has 0 aliphatic heterocycles. The summed E-state index contributed by atoms with van der Waals surface area (Å²) in [7, 11) is 1.63. The summed E-state index contributed by atoms with van der Waals surface area (Å²) in [6, 6.07) is 0. The molecule has 4 nitrogen and oxygen atoms in total. The molecule has 1 heterocycles. The first-order valence-electron chi connectivity index (χ1n) is 4.44. The van der Waals surface area contributed by atoms with Gasteiger partial charge in [0.25, 0.3) is 0 Å². The average Bonchev–Trinajstić information content (AvgIpc) is 2.53. The predicted molar refractivity (Wildman–Crippen MR) is 49.2 cm³/mol. The number of hydrogen-bond donors (Lipinski definition) is 1. The molecule has 0 amide bonds. The standard InChI is InChI=1S/C9H13N3O/c1-13-5-8-11-7-4-2-3-6(7)9(10)12-8/h2-5H2,1H3,(H2,10,11,12). The highest BCUT2D eigenvalue weighted by Gasteiger charge is 2.17. The maximum Gasteiger partial charge on any atom is 0.156 e. The Morgan fingerprint density at radius 2 is 2.23 bits per heavy atom. The van der Waals surface area contributed by atoms with E-state index in [-0.39, 0.29) is 0 Å². The minimum Gasteiger partial charge on any atom is -0.383 e. The highest BCUT2D eigenvalue weighted by Crippen LogP contribution is 2.24. The summed E-state index contributed by atoms with van der Waals surface area (Å²) >= 11 is 0. The van der Waals surface area contributed by atoms with Crippen molar-refractivity contribution in [2.24, 2.45) is 0 Å². The Labute approximate surface area is 77.1 Å².